The third kappa shape index (κ3) is 5.19. The maximum Gasteiger partial charge on any atom is 0.419 e. The van der Waals surface area contributed by atoms with Crippen LogP contribution in [-0.2, 0) is 30.2 Å². The van der Waals surface area contributed by atoms with Crippen molar-refractivity contribution in [2.45, 2.75) is 37.9 Å². The number of halogens is 4. The van der Waals surface area contributed by atoms with E-state index in [4.69, 9.17) is 4.74 Å². The number of ether oxygens (including phenoxy) is 1. The molecule has 5 nitrogen and oxygen atoms in total. The van der Waals surface area contributed by atoms with Gasteiger partial charge in [0, 0.05) is 24.8 Å². The first kappa shape index (κ1) is 25.2. The van der Waals surface area contributed by atoms with E-state index in [0.29, 0.717) is 11.6 Å². The van der Waals surface area contributed by atoms with Crippen LogP contribution in [0.15, 0.2) is 60.7 Å². The molecule has 0 heterocycles. The second-order valence-corrected chi connectivity index (χ2v) is 8.87. The molecule has 0 spiro atoms. The van der Waals surface area contributed by atoms with E-state index in [9.17, 15) is 32.3 Å². The van der Waals surface area contributed by atoms with Gasteiger partial charge in [-0.25, -0.2) is 9.18 Å². The standard InChI is InChI=1S/C27H23F4NO4/c1-16-6-9-22(28)17(12-16)10-11-36-23-13-18(7-8-21(23)27(29,30)31)24(33)32-26(25(34)35)14-19-4-2-3-5-20(19)15-26/h2-9,12-13H,10-11,14-15H2,1H3,(H,32,33)(H,34,35). The first-order valence-corrected chi connectivity index (χ1v) is 11.2. The number of hydrogen-bond donors (Lipinski definition) is 2. The number of nitrogens with one attached hydrogen (secondary N) is 1. The van der Waals surface area contributed by atoms with Crippen LogP contribution in [0.1, 0.15) is 38.2 Å². The van der Waals surface area contributed by atoms with Crippen molar-refractivity contribution in [1.29, 1.82) is 0 Å². The Bertz CT molecular complexity index is 1290. The Morgan fingerprint density at radius 2 is 1.69 bits per heavy atom. The van der Waals surface area contributed by atoms with Gasteiger partial charge in [0.05, 0.1) is 12.2 Å². The lowest BCUT2D eigenvalue weighted by molar-refractivity contribution is -0.144. The number of aryl methyl sites for hydroxylation is 1. The van der Waals surface area contributed by atoms with Crippen molar-refractivity contribution in [2.24, 2.45) is 0 Å². The maximum absolute atomic E-state index is 14.0. The van der Waals surface area contributed by atoms with Crippen molar-refractivity contribution in [3.8, 4) is 5.75 Å². The molecule has 0 aromatic heterocycles. The molecular formula is C27H23F4NO4. The number of alkyl halides is 3. The smallest absolute Gasteiger partial charge is 0.419 e. The Hall–Kier alpha value is -3.88. The summed E-state index contributed by atoms with van der Waals surface area (Å²) in [6, 6.07) is 14.1. The van der Waals surface area contributed by atoms with Crippen molar-refractivity contribution < 1.29 is 37.0 Å². The van der Waals surface area contributed by atoms with Crippen LogP contribution in [0.3, 0.4) is 0 Å². The predicted octanol–water partition coefficient (Wildman–Crippen LogP) is 5.13. The molecule has 3 aromatic carbocycles. The van der Waals surface area contributed by atoms with E-state index in [1.54, 1.807) is 43.3 Å². The summed E-state index contributed by atoms with van der Waals surface area (Å²) in [7, 11) is 0. The zero-order chi connectivity index (χ0) is 26.1. The van der Waals surface area contributed by atoms with Crippen LogP contribution in [-0.4, -0.2) is 29.1 Å². The van der Waals surface area contributed by atoms with Gasteiger partial charge in [0.15, 0.2) is 0 Å². The van der Waals surface area contributed by atoms with E-state index < -0.39 is 40.7 Å². The number of amides is 1. The van der Waals surface area contributed by atoms with E-state index in [0.717, 1.165) is 28.8 Å². The van der Waals surface area contributed by atoms with Gasteiger partial charge in [0.25, 0.3) is 5.91 Å². The SMILES string of the molecule is Cc1ccc(F)c(CCOc2cc(C(=O)NC3(C(=O)O)Cc4ccccc4C3)ccc2C(F)(F)F)c1. The highest BCUT2D eigenvalue weighted by molar-refractivity contribution is 5.98. The molecule has 1 aliphatic rings. The Morgan fingerprint density at radius 3 is 2.31 bits per heavy atom. The minimum absolute atomic E-state index is 0.0155. The first-order valence-electron chi connectivity index (χ1n) is 11.2. The van der Waals surface area contributed by atoms with Crippen molar-refractivity contribution in [3.05, 3.63) is 99.9 Å². The second kappa shape index (κ2) is 9.64. The Labute approximate surface area is 204 Å². The highest BCUT2D eigenvalue weighted by Gasteiger charge is 2.45. The molecule has 0 radical (unpaired) electrons. The average Bonchev–Trinajstić information content (AvgIpc) is 3.20. The summed E-state index contributed by atoms with van der Waals surface area (Å²) in [5.74, 6) is -3.17. The fraction of sp³-hybridized carbons (Fsp3) is 0.259. The molecule has 3 aromatic rings. The largest absolute Gasteiger partial charge is 0.493 e. The first-order chi connectivity index (χ1) is 17.0. The molecule has 1 aliphatic carbocycles. The average molecular weight is 501 g/mol. The molecule has 0 atom stereocenters. The fourth-order valence-corrected chi connectivity index (χ4v) is 4.38. The molecular weight excluding hydrogens is 478 g/mol. The number of carbonyl (C=O) groups excluding carboxylic acids is 1. The van der Waals surface area contributed by atoms with Gasteiger partial charge in [-0.15, -0.1) is 0 Å². The Kier molecular flexibility index (Phi) is 6.75. The van der Waals surface area contributed by atoms with Crippen LogP contribution in [0.4, 0.5) is 17.6 Å². The van der Waals surface area contributed by atoms with Crippen LogP contribution in [0.2, 0.25) is 0 Å². The number of benzene rings is 3. The molecule has 4 rings (SSSR count). The summed E-state index contributed by atoms with van der Waals surface area (Å²) < 4.78 is 60.1. The lowest BCUT2D eigenvalue weighted by Gasteiger charge is -2.26. The molecule has 1 amide bonds. The summed E-state index contributed by atoms with van der Waals surface area (Å²) in [4.78, 5) is 25.1. The molecule has 188 valence electrons. The lowest BCUT2D eigenvalue weighted by Crippen LogP contribution is -2.55. The molecule has 0 saturated heterocycles. The van der Waals surface area contributed by atoms with E-state index in [1.807, 2.05) is 0 Å². The van der Waals surface area contributed by atoms with Crippen LogP contribution >= 0.6 is 0 Å². The topological polar surface area (TPSA) is 75.6 Å². The minimum Gasteiger partial charge on any atom is -0.493 e. The summed E-state index contributed by atoms with van der Waals surface area (Å²) in [5, 5.41) is 12.4. The lowest BCUT2D eigenvalue weighted by atomic mass is 9.95. The van der Waals surface area contributed by atoms with Crippen molar-refractivity contribution >= 4 is 11.9 Å². The molecule has 2 N–H and O–H groups in total. The second-order valence-electron chi connectivity index (χ2n) is 8.87. The van der Waals surface area contributed by atoms with Crippen LogP contribution in [0, 0.1) is 12.7 Å². The van der Waals surface area contributed by atoms with Gasteiger partial charge in [0.2, 0.25) is 0 Å². The van der Waals surface area contributed by atoms with E-state index in [2.05, 4.69) is 5.32 Å². The zero-order valence-corrected chi connectivity index (χ0v) is 19.3. The third-order valence-corrected chi connectivity index (χ3v) is 6.24. The van der Waals surface area contributed by atoms with E-state index in [1.165, 1.54) is 6.07 Å². The summed E-state index contributed by atoms with van der Waals surface area (Å²) in [5.41, 5.74) is -0.252. The van der Waals surface area contributed by atoms with Gasteiger partial charge in [-0.2, -0.15) is 13.2 Å². The van der Waals surface area contributed by atoms with Crippen LogP contribution in [0.5, 0.6) is 5.75 Å². The summed E-state index contributed by atoms with van der Waals surface area (Å²) >= 11 is 0. The number of carboxylic acid groups (broad SMARTS) is 1. The normalized spacial score (nSPS) is 14.2. The minimum atomic E-state index is -4.76. The van der Waals surface area contributed by atoms with Crippen LogP contribution < -0.4 is 10.1 Å². The van der Waals surface area contributed by atoms with Gasteiger partial charge in [-0.05, 0) is 47.9 Å². The van der Waals surface area contributed by atoms with Crippen LogP contribution in [0.25, 0.3) is 0 Å². The molecule has 36 heavy (non-hydrogen) atoms. The summed E-state index contributed by atoms with van der Waals surface area (Å²) in [6.45, 7) is 1.50. The molecule has 0 unspecified atom stereocenters. The fourth-order valence-electron chi connectivity index (χ4n) is 4.38. The molecule has 0 saturated carbocycles. The number of hydrogen-bond acceptors (Lipinski definition) is 3. The van der Waals surface area contributed by atoms with Crippen molar-refractivity contribution in [3.63, 3.8) is 0 Å². The Morgan fingerprint density at radius 1 is 1.03 bits per heavy atom. The number of fused-ring (bicyclic) bond motifs is 1. The van der Waals surface area contributed by atoms with Gasteiger partial charge < -0.3 is 15.2 Å². The molecule has 9 heteroatoms. The summed E-state index contributed by atoms with van der Waals surface area (Å²) in [6.07, 6.45) is -4.64. The highest BCUT2D eigenvalue weighted by Crippen LogP contribution is 2.37. The predicted molar refractivity (Wildman–Crippen MR) is 123 cm³/mol. The molecule has 0 bridgehead atoms. The van der Waals surface area contributed by atoms with E-state index in [-0.39, 0.29) is 31.4 Å². The van der Waals surface area contributed by atoms with Gasteiger partial charge >= 0.3 is 12.1 Å². The number of carbonyl (C=O) groups is 2. The monoisotopic (exact) mass is 501 g/mol. The quantitative estimate of drug-likeness (QED) is 0.441. The number of carboxylic acids is 1. The molecule has 0 aliphatic heterocycles. The van der Waals surface area contributed by atoms with Gasteiger partial charge in [-0.1, -0.05) is 42.0 Å². The number of rotatable bonds is 7. The maximum atomic E-state index is 14.0. The third-order valence-electron chi connectivity index (χ3n) is 6.24. The zero-order valence-electron chi connectivity index (χ0n) is 19.3. The highest BCUT2D eigenvalue weighted by atomic mass is 19.4. The van der Waals surface area contributed by atoms with Gasteiger partial charge in [-0.3, -0.25) is 4.79 Å². The van der Waals surface area contributed by atoms with Gasteiger partial charge in [0.1, 0.15) is 17.1 Å². The van der Waals surface area contributed by atoms with Crippen molar-refractivity contribution in [1.82, 2.24) is 5.32 Å². The van der Waals surface area contributed by atoms with Crippen molar-refractivity contribution in [2.75, 3.05) is 6.61 Å². The number of aliphatic carboxylic acids is 1. The Balaban J connectivity index is 1.56. The molecule has 0 fully saturated rings. The van der Waals surface area contributed by atoms with E-state index >= 15 is 0 Å².